The predicted molar refractivity (Wildman–Crippen MR) is 119 cm³/mol. The lowest BCUT2D eigenvalue weighted by molar-refractivity contribution is -0.111. The fourth-order valence-corrected chi connectivity index (χ4v) is 3.71. The Kier molecular flexibility index (Phi) is 7.04. The van der Waals surface area contributed by atoms with Gasteiger partial charge >= 0.3 is 0 Å². The van der Waals surface area contributed by atoms with Crippen LogP contribution >= 0.6 is 0 Å². The Morgan fingerprint density at radius 3 is 2.16 bits per heavy atom. The average Bonchev–Trinajstić information content (AvgIpc) is 2.75. The van der Waals surface area contributed by atoms with Gasteiger partial charge in [-0.1, -0.05) is 12.1 Å². The minimum absolute atomic E-state index is 0.0567. The summed E-state index contributed by atoms with van der Waals surface area (Å²) in [6.45, 7) is 2.39. The molecule has 1 amide bonds. The van der Waals surface area contributed by atoms with E-state index >= 15 is 0 Å². The van der Waals surface area contributed by atoms with Crippen LogP contribution in [0, 0.1) is 5.82 Å². The number of ether oxygens (including phenoxy) is 1. The highest BCUT2D eigenvalue weighted by Gasteiger charge is 2.14. The van der Waals surface area contributed by atoms with Gasteiger partial charge in [0.25, 0.3) is 10.0 Å². The smallest absolute Gasteiger partial charge is 0.261 e. The van der Waals surface area contributed by atoms with E-state index in [0.29, 0.717) is 29.3 Å². The first-order chi connectivity index (χ1) is 14.9. The number of anilines is 2. The van der Waals surface area contributed by atoms with Gasteiger partial charge in [0, 0.05) is 17.5 Å². The summed E-state index contributed by atoms with van der Waals surface area (Å²) >= 11 is 0. The molecule has 0 fully saturated rings. The standard InChI is InChI=1S/C23H21FN2O4S/c1-2-30-21-12-8-20(9-13-21)26-31(28,29)22-14-10-19(11-15-22)25-23(27)16-5-17-3-6-18(24)7-4-17/h3-16,26H,2H2,1H3,(H,25,27). The molecule has 3 aromatic rings. The van der Waals surface area contributed by atoms with Crippen LogP contribution in [-0.2, 0) is 14.8 Å². The molecule has 0 aromatic heterocycles. The van der Waals surface area contributed by atoms with Crippen LogP contribution in [0.15, 0.2) is 83.8 Å². The summed E-state index contributed by atoms with van der Waals surface area (Å²) in [5, 5.41) is 2.64. The fourth-order valence-electron chi connectivity index (χ4n) is 2.65. The van der Waals surface area contributed by atoms with Gasteiger partial charge in [0.05, 0.1) is 11.5 Å². The molecule has 6 nitrogen and oxygen atoms in total. The van der Waals surface area contributed by atoms with Gasteiger partial charge in [-0.3, -0.25) is 9.52 Å². The Morgan fingerprint density at radius 2 is 1.55 bits per heavy atom. The van der Waals surface area contributed by atoms with Gasteiger partial charge in [-0.25, -0.2) is 12.8 Å². The maximum atomic E-state index is 12.9. The monoisotopic (exact) mass is 440 g/mol. The molecule has 2 N–H and O–H groups in total. The molecular weight excluding hydrogens is 419 g/mol. The Balaban J connectivity index is 1.61. The van der Waals surface area contributed by atoms with Gasteiger partial charge < -0.3 is 10.1 Å². The second-order valence-electron chi connectivity index (χ2n) is 6.46. The number of carbonyl (C=O) groups excluding carboxylic acids is 1. The van der Waals surface area contributed by atoms with Crippen molar-refractivity contribution >= 4 is 33.4 Å². The van der Waals surface area contributed by atoms with E-state index in [-0.39, 0.29) is 10.7 Å². The first-order valence-electron chi connectivity index (χ1n) is 9.46. The maximum absolute atomic E-state index is 12.9. The van der Waals surface area contributed by atoms with Gasteiger partial charge in [0.1, 0.15) is 11.6 Å². The van der Waals surface area contributed by atoms with Crippen molar-refractivity contribution in [3.8, 4) is 5.75 Å². The lowest BCUT2D eigenvalue weighted by atomic mass is 10.2. The molecule has 31 heavy (non-hydrogen) atoms. The van der Waals surface area contributed by atoms with Crippen LogP contribution in [0.3, 0.4) is 0 Å². The van der Waals surface area contributed by atoms with E-state index in [1.54, 1.807) is 42.5 Å². The third kappa shape index (κ3) is 6.42. The number of rotatable bonds is 8. The minimum Gasteiger partial charge on any atom is -0.494 e. The highest BCUT2D eigenvalue weighted by Crippen LogP contribution is 2.21. The maximum Gasteiger partial charge on any atom is 0.261 e. The average molecular weight is 440 g/mol. The van der Waals surface area contributed by atoms with E-state index in [0.717, 1.165) is 0 Å². The van der Waals surface area contributed by atoms with E-state index in [9.17, 15) is 17.6 Å². The van der Waals surface area contributed by atoms with Crippen molar-refractivity contribution in [2.75, 3.05) is 16.6 Å². The highest BCUT2D eigenvalue weighted by atomic mass is 32.2. The van der Waals surface area contributed by atoms with Gasteiger partial charge in [-0.15, -0.1) is 0 Å². The zero-order valence-electron chi connectivity index (χ0n) is 16.7. The van der Waals surface area contributed by atoms with Crippen LogP contribution in [0.4, 0.5) is 15.8 Å². The van der Waals surface area contributed by atoms with Crippen LogP contribution in [0.1, 0.15) is 12.5 Å². The number of carbonyl (C=O) groups is 1. The van der Waals surface area contributed by atoms with Crippen LogP contribution in [0.25, 0.3) is 6.08 Å². The first-order valence-corrected chi connectivity index (χ1v) is 10.9. The predicted octanol–water partition coefficient (Wildman–Crippen LogP) is 4.68. The second-order valence-corrected chi connectivity index (χ2v) is 8.14. The SMILES string of the molecule is CCOc1ccc(NS(=O)(=O)c2ccc(NC(=O)C=Cc3ccc(F)cc3)cc2)cc1. The number of hydrogen-bond acceptors (Lipinski definition) is 4. The normalized spacial score (nSPS) is 11.3. The molecule has 0 saturated heterocycles. The molecule has 0 aliphatic carbocycles. The van der Waals surface area contributed by atoms with Gasteiger partial charge in [0.15, 0.2) is 0 Å². The van der Waals surface area contributed by atoms with Crippen molar-refractivity contribution < 1.29 is 22.3 Å². The highest BCUT2D eigenvalue weighted by molar-refractivity contribution is 7.92. The quantitative estimate of drug-likeness (QED) is 0.498. The number of halogens is 1. The molecule has 0 saturated carbocycles. The molecule has 0 radical (unpaired) electrons. The first kappa shape index (κ1) is 22.0. The minimum atomic E-state index is -3.78. The summed E-state index contributed by atoms with van der Waals surface area (Å²) in [6, 6.07) is 18.1. The summed E-state index contributed by atoms with van der Waals surface area (Å²) in [7, 11) is -3.78. The lowest BCUT2D eigenvalue weighted by Crippen LogP contribution is -2.13. The molecule has 160 valence electrons. The summed E-state index contributed by atoms with van der Waals surface area (Å²) in [5.74, 6) is -0.0971. The summed E-state index contributed by atoms with van der Waals surface area (Å²) in [5.41, 5.74) is 1.53. The van der Waals surface area contributed by atoms with E-state index in [4.69, 9.17) is 4.74 Å². The van der Waals surface area contributed by atoms with Gasteiger partial charge in [-0.05, 0) is 79.2 Å². The third-order valence-electron chi connectivity index (χ3n) is 4.15. The van der Waals surface area contributed by atoms with Crippen molar-refractivity contribution in [2.45, 2.75) is 11.8 Å². The van der Waals surface area contributed by atoms with Crippen LogP contribution in [0.5, 0.6) is 5.75 Å². The van der Waals surface area contributed by atoms with E-state index in [2.05, 4.69) is 10.0 Å². The van der Waals surface area contributed by atoms with Crippen molar-refractivity contribution in [3.05, 3.63) is 90.3 Å². The zero-order valence-corrected chi connectivity index (χ0v) is 17.5. The molecule has 0 aliphatic rings. The number of benzene rings is 3. The fraction of sp³-hybridized carbons (Fsp3) is 0.0870. The van der Waals surface area contributed by atoms with Crippen molar-refractivity contribution in [3.63, 3.8) is 0 Å². The molecule has 0 unspecified atom stereocenters. The third-order valence-corrected chi connectivity index (χ3v) is 5.54. The molecule has 0 bridgehead atoms. The summed E-state index contributed by atoms with van der Waals surface area (Å²) < 4.78 is 45.9. The molecule has 0 atom stereocenters. The molecule has 0 spiro atoms. The number of hydrogen-bond donors (Lipinski definition) is 2. The molecule has 3 rings (SSSR count). The number of amides is 1. The van der Waals surface area contributed by atoms with Crippen molar-refractivity contribution in [1.29, 1.82) is 0 Å². The van der Waals surface area contributed by atoms with Gasteiger partial charge in [0.2, 0.25) is 5.91 Å². The summed E-state index contributed by atoms with van der Waals surface area (Å²) in [6.07, 6.45) is 2.86. The molecule has 0 heterocycles. The number of sulfonamides is 1. The van der Waals surface area contributed by atoms with Crippen LogP contribution < -0.4 is 14.8 Å². The van der Waals surface area contributed by atoms with E-state index < -0.39 is 15.9 Å². The van der Waals surface area contributed by atoms with Crippen LogP contribution in [-0.4, -0.2) is 20.9 Å². The Morgan fingerprint density at radius 1 is 0.935 bits per heavy atom. The molecule has 8 heteroatoms. The Labute approximate surface area is 180 Å². The summed E-state index contributed by atoms with van der Waals surface area (Å²) in [4.78, 5) is 12.1. The topological polar surface area (TPSA) is 84.5 Å². The van der Waals surface area contributed by atoms with Gasteiger partial charge in [-0.2, -0.15) is 0 Å². The largest absolute Gasteiger partial charge is 0.494 e. The van der Waals surface area contributed by atoms with Crippen molar-refractivity contribution in [2.24, 2.45) is 0 Å². The molecular formula is C23H21FN2O4S. The van der Waals surface area contributed by atoms with E-state index in [1.165, 1.54) is 42.5 Å². The Bertz CT molecular complexity index is 1160. The molecule has 0 aliphatic heterocycles. The van der Waals surface area contributed by atoms with Crippen molar-refractivity contribution in [1.82, 2.24) is 0 Å². The van der Waals surface area contributed by atoms with E-state index in [1.807, 2.05) is 6.92 Å². The second kappa shape index (κ2) is 9.90. The lowest BCUT2D eigenvalue weighted by Gasteiger charge is -2.10. The Hall–Kier alpha value is -3.65. The van der Waals surface area contributed by atoms with Crippen LogP contribution in [0.2, 0.25) is 0 Å². The molecule has 3 aromatic carbocycles. The number of nitrogens with one attached hydrogen (secondary N) is 2. The zero-order chi connectivity index (χ0) is 22.3.